The lowest BCUT2D eigenvalue weighted by Gasteiger charge is -2.45. The van der Waals surface area contributed by atoms with Gasteiger partial charge in [-0.3, -0.25) is 0 Å². The van der Waals surface area contributed by atoms with E-state index in [0.29, 0.717) is 11.3 Å². The number of aryl methyl sites for hydroxylation is 1. The summed E-state index contributed by atoms with van der Waals surface area (Å²) in [5.74, 6) is 0.286. The topological polar surface area (TPSA) is 37.4 Å². The summed E-state index contributed by atoms with van der Waals surface area (Å²) in [4.78, 5) is 0.330. The van der Waals surface area contributed by atoms with Crippen LogP contribution in [0.25, 0.3) is 0 Å². The second-order valence-electron chi connectivity index (χ2n) is 7.76. The second-order valence-corrected chi connectivity index (χ2v) is 9.65. The van der Waals surface area contributed by atoms with Crippen LogP contribution in [-0.2, 0) is 10.0 Å². The van der Waals surface area contributed by atoms with Crippen molar-refractivity contribution >= 4 is 10.0 Å². The van der Waals surface area contributed by atoms with Crippen molar-refractivity contribution in [2.45, 2.75) is 75.4 Å². The lowest BCUT2D eigenvalue weighted by molar-refractivity contribution is 0.0393. The van der Waals surface area contributed by atoms with Gasteiger partial charge in [0.15, 0.2) is 0 Å². The maximum atomic E-state index is 14.7. The molecule has 2 aliphatic rings. The monoisotopic (exact) mass is 353 g/mol. The minimum absolute atomic E-state index is 0.208. The third-order valence-corrected chi connectivity index (χ3v) is 7.62. The molecule has 3 nitrogen and oxygen atoms in total. The zero-order chi connectivity index (χ0) is 17.4. The molecule has 5 heteroatoms. The molecule has 1 heterocycles. The first-order valence-electron chi connectivity index (χ1n) is 9.07. The minimum Gasteiger partial charge on any atom is -0.244 e. The van der Waals surface area contributed by atoms with Gasteiger partial charge >= 0.3 is 0 Å². The Labute approximate surface area is 145 Å². The summed E-state index contributed by atoms with van der Waals surface area (Å²) in [7, 11) is -3.56. The van der Waals surface area contributed by atoms with Crippen LogP contribution in [0.2, 0.25) is 0 Å². The molecule has 1 saturated heterocycles. The average Bonchev–Trinajstić information content (AvgIpc) is 2.55. The van der Waals surface area contributed by atoms with Crippen LogP contribution in [0.3, 0.4) is 0 Å². The van der Waals surface area contributed by atoms with Crippen molar-refractivity contribution in [3.8, 4) is 0 Å². The molecule has 0 bridgehead atoms. The highest BCUT2D eigenvalue weighted by molar-refractivity contribution is 7.89. The molecule has 0 N–H and O–H groups in total. The first kappa shape index (κ1) is 17.9. The summed E-state index contributed by atoms with van der Waals surface area (Å²) in [5.41, 5.74) is -0.228. The molecule has 1 aromatic rings. The predicted octanol–water partition coefficient (Wildman–Crippen LogP) is 4.46. The zero-order valence-electron chi connectivity index (χ0n) is 14.7. The molecule has 0 spiro atoms. The zero-order valence-corrected chi connectivity index (χ0v) is 15.5. The van der Waals surface area contributed by atoms with E-state index < -0.39 is 15.7 Å². The number of benzene rings is 1. The van der Waals surface area contributed by atoms with Crippen molar-refractivity contribution in [1.29, 1.82) is 0 Å². The van der Waals surface area contributed by atoms with Crippen LogP contribution in [0.4, 0.5) is 4.39 Å². The molecule has 2 fully saturated rings. The Morgan fingerprint density at radius 2 is 1.75 bits per heavy atom. The van der Waals surface area contributed by atoms with E-state index in [4.69, 9.17) is 0 Å². The SMILES string of the molecule is Cc1ccc(S(=O)(=O)N2CC[C@@](C)(F)CC2C2CCCCC2)cc1. The number of sulfonamides is 1. The highest BCUT2D eigenvalue weighted by atomic mass is 32.2. The first-order chi connectivity index (χ1) is 11.3. The fourth-order valence-electron chi connectivity index (χ4n) is 4.21. The van der Waals surface area contributed by atoms with Gasteiger partial charge in [0.05, 0.1) is 4.90 Å². The number of nitrogens with zero attached hydrogens (tertiary/aromatic N) is 1. The van der Waals surface area contributed by atoms with Crippen molar-refractivity contribution in [3.05, 3.63) is 29.8 Å². The van der Waals surface area contributed by atoms with Crippen LogP contribution in [0.5, 0.6) is 0 Å². The van der Waals surface area contributed by atoms with Gasteiger partial charge in [0, 0.05) is 12.6 Å². The standard InChI is InChI=1S/C19H28FNO2S/c1-15-8-10-17(11-9-15)24(22,23)21-13-12-19(2,20)14-18(21)16-6-4-3-5-7-16/h8-11,16,18H,3-7,12-14H2,1-2H3/t18?,19-/m1/s1. The van der Waals surface area contributed by atoms with E-state index in [9.17, 15) is 12.8 Å². The van der Waals surface area contributed by atoms with Gasteiger partial charge in [0.2, 0.25) is 10.0 Å². The Balaban J connectivity index is 1.91. The van der Waals surface area contributed by atoms with E-state index in [1.165, 1.54) is 6.42 Å². The normalized spacial score (nSPS) is 30.4. The molecule has 134 valence electrons. The van der Waals surface area contributed by atoms with E-state index in [0.717, 1.165) is 31.2 Å². The molecule has 1 unspecified atom stereocenters. The Morgan fingerprint density at radius 1 is 1.12 bits per heavy atom. The second kappa shape index (κ2) is 6.75. The van der Waals surface area contributed by atoms with Crippen LogP contribution < -0.4 is 0 Å². The molecule has 1 aliphatic carbocycles. The first-order valence-corrected chi connectivity index (χ1v) is 10.5. The van der Waals surface area contributed by atoms with Crippen molar-refractivity contribution in [1.82, 2.24) is 4.31 Å². The molecule has 24 heavy (non-hydrogen) atoms. The van der Waals surface area contributed by atoms with Crippen LogP contribution in [-0.4, -0.2) is 31.0 Å². The Hall–Kier alpha value is -0.940. The van der Waals surface area contributed by atoms with E-state index in [-0.39, 0.29) is 24.9 Å². The van der Waals surface area contributed by atoms with Gasteiger partial charge in [-0.15, -0.1) is 0 Å². The Bertz CT molecular complexity index is 663. The van der Waals surface area contributed by atoms with E-state index in [2.05, 4.69) is 0 Å². The van der Waals surface area contributed by atoms with Crippen molar-refractivity contribution < 1.29 is 12.8 Å². The molecular formula is C19H28FNO2S. The number of halogens is 1. The van der Waals surface area contributed by atoms with Crippen molar-refractivity contribution in [2.75, 3.05) is 6.54 Å². The highest BCUT2D eigenvalue weighted by Crippen LogP contribution is 2.40. The molecular weight excluding hydrogens is 325 g/mol. The number of alkyl halides is 1. The Morgan fingerprint density at radius 3 is 2.38 bits per heavy atom. The van der Waals surface area contributed by atoms with Gasteiger partial charge in [-0.05, 0) is 57.6 Å². The van der Waals surface area contributed by atoms with E-state index in [1.807, 2.05) is 19.1 Å². The maximum absolute atomic E-state index is 14.7. The van der Waals surface area contributed by atoms with Gasteiger partial charge in [-0.2, -0.15) is 4.31 Å². The minimum atomic E-state index is -3.56. The van der Waals surface area contributed by atoms with E-state index in [1.54, 1.807) is 23.4 Å². The van der Waals surface area contributed by atoms with Gasteiger partial charge in [0.1, 0.15) is 5.67 Å². The fourth-order valence-corrected chi connectivity index (χ4v) is 5.90. The molecule has 0 aromatic heterocycles. The average molecular weight is 354 g/mol. The lowest BCUT2D eigenvalue weighted by Crippen LogP contribution is -2.53. The molecule has 1 aromatic carbocycles. The molecule has 1 aliphatic heterocycles. The van der Waals surface area contributed by atoms with Crippen LogP contribution in [0.1, 0.15) is 57.4 Å². The van der Waals surface area contributed by atoms with Crippen molar-refractivity contribution in [2.24, 2.45) is 5.92 Å². The molecule has 0 radical (unpaired) electrons. The number of hydrogen-bond acceptors (Lipinski definition) is 2. The van der Waals surface area contributed by atoms with Crippen molar-refractivity contribution in [3.63, 3.8) is 0 Å². The van der Waals surface area contributed by atoms with E-state index >= 15 is 0 Å². The van der Waals surface area contributed by atoms with Gasteiger partial charge in [0.25, 0.3) is 0 Å². The maximum Gasteiger partial charge on any atom is 0.243 e. The number of hydrogen-bond donors (Lipinski definition) is 0. The fraction of sp³-hybridized carbons (Fsp3) is 0.684. The lowest BCUT2D eigenvalue weighted by atomic mass is 9.77. The quantitative estimate of drug-likeness (QED) is 0.805. The Kier molecular flexibility index (Phi) is 5.03. The number of piperidine rings is 1. The molecule has 0 amide bonds. The van der Waals surface area contributed by atoms with Crippen LogP contribution in [0.15, 0.2) is 29.2 Å². The van der Waals surface area contributed by atoms with Gasteiger partial charge in [-0.25, -0.2) is 12.8 Å². The summed E-state index contributed by atoms with van der Waals surface area (Å²) >= 11 is 0. The van der Waals surface area contributed by atoms with Crippen LogP contribution in [0, 0.1) is 12.8 Å². The summed E-state index contributed by atoms with van der Waals surface area (Å²) in [5, 5.41) is 0. The summed E-state index contributed by atoms with van der Waals surface area (Å²) in [6.07, 6.45) is 6.09. The largest absolute Gasteiger partial charge is 0.244 e. The predicted molar refractivity (Wildman–Crippen MR) is 94.2 cm³/mol. The third-order valence-electron chi connectivity index (χ3n) is 5.68. The molecule has 3 rings (SSSR count). The third kappa shape index (κ3) is 3.67. The smallest absolute Gasteiger partial charge is 0.243 e. The highest BCUT2D eigenvalue weighted by Gasteiger charge is 2.45. The van der Waals surface area contributed by atoms with Gasteiger partial charge in [-0.1, -0.05) is 37.0 Å². The van der Waals surface area contributed by atoms with Gasteiger partial charge < -0.3 is 0 Å². The summed E-state index contributed by atoms with van der Waals surface area (Å²) in [6.45, 7) is 3.85. The summed E-state index contributed by atoms with van der Waals surface area (Å²) in [6, 6.07) is 6.79. The van der Waals surface area contributed by atoms with Crippen LogP contribution >= 0.6 is 0 Å². The number of rotatable bonds is 3. The summed E-state index contributed by atoms with van der Waals surface area (Å²) < 4.78 is 42.6. The molecule has 1 saturated carbocycles. The molecule has 2 atom stereocenters.